The average molecular weight is 211 g/mol. The molecule has 0 spiro atoms. The van der Waals surface area contributed by atoms with Gasteiger partial charge in [0.25, 0.3) is 0 Å². The van der Waals surface area contributed by atoms with Crippen molar-refractivity contribution in [1.29, 1.82) is 0 Å². The molecule has 0 aromatic heterocycles. The second-order valence-corrected chi connectivity index (χ2v) is 5.39. The topological polar surface area (TPSA) is 18.5 Å². The molecule has 2 aliphatic heterocycles. The number of nitrogens with one attached hydrogen (secondary N) is 1. The molecular formula is C12H25N3. The lowest BCUT2D eigenvalue weighted by molar-refractivity contribution is 0.130. The fraction of sp³-hybridized carbons (Fsp3) is 1.00. The molecule has 0 amide bonds. The maximum Gasteiger partial charge on any atom is 0.0167 e. The molecule has 2 heterocycles. The number of nitrogens with zero attached hydrogens (tertiary/aromatic N) is 2. The van der Waals surface area contributed by atoms with Gasteiger partial charge in [-0.15, -0.1) is 0 Å². The number of piperazine rings is 1. The van der Waals surface area contributed by atoms with E-state index >= 15 is 0 Å². The smallest absolute Gasteiger partial charge is 0.0167 e. The van der Waals surface area contributed by atoms with Crippen molar-refractivity contribution < 1.29 is 0 Å². The summed E-state index contributed by atoms with van der Waals surface area (Å²) < 4.78 is 0. The summed E-state index contributed by atoms with van der Waals surface area (Å²) in [7, 11) is 2.26. The van der Waals surface area contributed by atoms with Gasteiger partial charge in [-0.3, -0.25) is 0 Å². The van der Waals surface area contributed by atoms with Crippen molar-refractivity contribution in [3.8, 4) is 0 Å². The Morgan fingerprint density at radius 2 is 2.13 bits per heavy atom. The Bertz CT molecular complexity index is 175. The van der Waals surface area contributed by atoms with Gasteiger partial charge in [-0.25, -0.2) is 0 Å². The molecule has 2 saturated heterocycles. The molecule has 2 aliphatic rings. The van der Waals surface area contributed by atoms with Crippen LogP contribution in [0.15, 0.2) is 0 Å². The van der Waals surface area contributed by atoms with Crippen LogP contribution < -0.4 is 5.32 Å². The predicted molar refractivity (Wildman–Crippen MR) is 64.1 cm³/mol. The van der Waals surface area contributed by atoms with E-state index in [9.17, 15) is 0 Å². The van der Waals surface area contributed by atoms with Gasteiger partial charge in [0.1, 0.15) is 0 Å². The maximum absolute atomic E-state index is 3.51. The highest BCUT2D eigenvalue weighted by Gasteiger charge is 2.22. The van der Waals surface area contributed by atoms with E-state index in [2.05, 4.69) is 29.1 Å². The number of hydrogen-bond acceptors (Lipinski definition) is 3. The molecule has 15 heavy (non-hydrogen) atoms. The van der Waals surface area contributed by atoms with Crippen LogP contribution in [-0.2, 0) is 0 Å². The fourth-order valence-electron chi connectivity index (χ4n) is 2.97. The van der Waals surface area contributed by atoms with Crippen LogP contribution in [0.5, 0.6) is 0 Å². The third-order valence-electron chi connectivity index (χ3n) is 3.69. The molecule has 0 radical (unpaired) electrons. The Kier molecular flexibility index (Phi) is 4.00. The fourth-order valence-corrected chi connectivity index (χ4v) is 2.97. The third-order valence-corrected chi connectivity index (χ3v) is 3.69. The number of likely N-dealkylation sites (tertiary alicyclic amines) is 1. The lowest BCUT2D eigenvalue weighted by Gasteiger charge is -2.37. The standard InChI is InChI=1S/C12H25N3/c1-11-8-15(7-5-13-11)10-12-4-3-6-14(2)9-12/h11-13H,3-10H2,1-2H3. The highest BCUT2D eigenvalue weighted by atomic mass is 15.2. The molecule has 2 atom stereocenters. The Labute approximate surface area is 93.8 Å². The molecule has 0 aromatic carbocycles. The monoisotopic (exact) mass is 211 g/mol. The molecule has 0 saturated carbocycles. The van der Waals surface area contributed by atoms with Crippen molar-refractivity contribution in [2.45, 2.75) is 25.8 Å². The zero-order chi connectivity index (χ0) is 10.7. The highest BCUT2D eigenvalue weighted by molar-refractivity contribution is 4.79. The van der Waals surface area contributed by atoms with Crippen molar-refractivity contribution in [1.82, 2.24) is 15.1 Å². The van der Waals surface area contributed by atoms with Crippen molar-refractivity contribution in [3.63, 3.8) is 0 Å². The van der Waals surface area contributed by atoms with Crippen LogP contribution in [0, 0.1) is 5.92 Å². The van der Waals surface area contributed by atoms with Gasteiger partial charge in [0.2, 0.25) is 0 Å². The van der Waals surface area contributed by atoms with Crippen LogP contribution in [0.3, 0.4) is 0 Å². The van der Waals surface area contributed by atoms with E-state index in [-0.39, 0.29) is 0 Å². The van der Waals surface area contributed by atoms with Gasteiger partial charge < -0.3 is 15.1 Å². The van der Waals surface area contributed by atoms with Crippen LogP contribution in [-0.4, -0.2) is 62.2 Å². The second kappa shape index (κ2) is 5.28. The first-order valence-corrected chi connectivity index (χ1v) is 6.38. The zero-order valence-electron chi connectivity index (χ0n) is 10.2. The van der Waals surface area contributed by atoms with E-state index in [1.807, 2.05) is 0 Å². The van der Waals surface area contributed by atoms with Gasteiger partial charge in [-0.2, -0.15) is 0 Å². The molecule has 3 heteroatoms. The molecular weight excluding hydrogens is 186 g/mol. The van der Waals surface area contributed by atoms with Gasteiger partial charge in [0.15, 0.2) is 0 Å². The van der Waals surface area contributed by atoms with E-state index < -0.39 is 0 Å². The minimum atomic E-state index is 0.681. The van der Waals surface area contributed by atoms with E-state index in [1.165, 1.54) is 52.1 Å². The number of piperidine rings is 1. The predicted octanol–water partition coefficient (Wildman–Crippen LogP) is 0.622. The molecule has 2 fully saturated rings. The van der Waals surface area contributed by atoms with Gasteiger partial charge in [0, 0.05) is 38.8 Å². The van der Waals surface area contributed by atoms with Crippen molar-refractivity contribution >= 4 is 0 Å². The summed E-state index contributed by atoms with van der Waals surface area (Å²) in [4.78, 5) is 5.13. The molecule has 0 aliphatic carbocycles. The normalized spacial score (nSPS) is 35.6. The summed E-state index contributed by atoms with van der Waals surface area (Å²) in [6.07, 6.45) is 2.82. The van der Waals surface area contributed by atoms with Gasteiger partial charge in [-0.05, 0) is 39.3 Å². The second-order valence-electron chi connectivity index (χ2n) is 5.39. The Balaban J connectivity index is 1.75. The largest absolute Gasteiger partial charge is 0.312 e. The summed E-state index contributed by atoms with van der Waals surface area (Å²) in [6.45, 7) is 9.86. The summed E-state index contributed by atoms with van der Waals surface area (Å²) >= 11 is 0. The summed E-state index contributed by atoms with van der Waals surface area (Å²) in [5.74, 6) is 0.911. The first-order valence-electron chi connectivity index (χ1n) is 6.38. The molecule has 3 nitrogen and oxygen atoms in total. The van der Waals surface area contributed by atoms with Crippen LogP contribution in [0.25, 0.3) is 0 Å². The first kappa shape index (κ1) is 11.4. The third kappa shape index (κ3) is 3.44. The molecule has 1 N–H and O–H groups in total. The molecule has 2 unspecified atom stereocenters. The molecule has 0 bridgehead atoms. The van der Waals surface area contributed by atoms with Crippen LogP contribution in [0.1, 0.15) is 19.8 Å². The average Bonchev–Trinajstić information content (AvgIpc) is 2.17. The van der Waals surface area contributed by atoms with Gasteiger partial charge in [-0.1, -0.05) is 0 Å². The Hall–Kier alpha value is -0.120. The molecule has 88 valence electrons. The number of hydrogen-bond donors (Lipinski definition) is 1. The van der Waals surface area contributed by atoms with Crippen molar-refractivity contribution in [2.24, 2.45) is 5.92 Å². The summed E-state index contributed by atoms with van der Waals surface area (Å²) in [5.41, 5.74) is 0. The minimum absolute atomic E-state index is 0.681. The molecule has 0 aromatic rings. The van der Waals surface area contributed by atoms with E-state index in [4.69, 9.17) is 0 Å². The highest BCUT2D eigenvalue weighted by Crippen LogP contribution is 2.16. The van der Waals surface area contributed by atoms with E-state index in [1.54, 1.807) is 0 Å². The first-order chi connectivity index (χ1) is 7.24. The van der Waals surface area contributed by atoms with Crippen molar-refractivity contribution in [3.05, 3.63) is 0 Å². The maximum atomic E-state index is 3.51. The van der Waals surface area contributed by atoms with Crippen LogP contribution >= 0.6 is 0 Å². The Morgan fingerprint density at radius 3 is 2.87 bits per heavy atom. The van der Waals surface area contributed by atoms with Gasteiger partial charge >= 0.3 is 0 Å². The quantitative estimate of drug-likeness (QED) is 0.722. The van der Waals surface area contributed by atoms with Crippen LogP contribution in [0.2, 0.25) is 0 Å². The number of rotatable bonds is 2. The lowest BCUT2D eigenvalue weighted by atomic mass is 9.97. The van der Waals surface area contributed by atoms with E-state index in [0.717, 1.165) is 5.92 Å². The lowest BCUT2D eigenvalue weighted by Crippen LogP contribution is -2.51. The summed E-state index contributed by atoms with van der Waals surface area (Å²) in [5, 5.41) is 3.51. The van der Waals surface area contributed by atoms with Crippen LogP contribution in [0.4, 0.5) is 0 Å². The Morgan fingerprint density at radius 1 is 1.27 bits per heavy atom. The molecule has 2 rings (SSSR count). The SMILES string of the molecule is CC1CN(CC2CCCN(C)C2)CCN1. The van der Waals surface area contributed by atoms with Gasteiger partial charge in [0.05, 0.1) is 0 Å². The van der Waals surface area contributed by atoms with Crippen molar-refractivity contribution in [2.75, 3.05) is 46.3 Å². The zero-order valence-corrected chi connectivity index (χ0v) is 10.2. The van der Waals surface area contributed by atoms with E-state index in [0.29, 0.717) is 6.04 Å². The summed E-state index contributed by atoms with van der Waals surface area (Å²) in [6, 6.07) is 0.681. The minimum Gasteiger partial charge on any atom is -0.312 e.